The monoisotopic (exact) mass is 422 g/mol. The molecule has 0 spiro atoms. The summed E-state index contributed by atoms with van der Waals surface area (Å²) in [5.74, 6) is 0.531. The minimum atomic E-state index is -0.523. The molecular formula is C22H19FN4O4. The van der Waals surface area contributed by atoms with E-state index in [1.54, 1.807) is 60.3 Å². The molecule has 0 radical (unpaired) electrons. The molecule has 0 atom stereocenters. The van der Waals surface area contributed by atoms with Crippen molar-refractivity contribution in [1.82, 2.24) is 14.7 Å². The molecule has 0 aliphatic rings. The fraction of sp³-hybridized carbons (Fsp3) is 0.136. The lowest BCUT2D eigenvalue weighted by atomic mass is 10.2. The van der Waals surface area contributed by atoms with Crippen LogP contribution in [-0.4, -0.2) is 34.8 Å². The normalized spacial score (nSPS) is 10.7. The van der Waals surface area contributed by atoms with Gasteiger partial charge >= 0.3 is 0 Å². The van der Waals surface area contributed by atoms with E-state index in [4.69, 9.17) is 14.0 Å². The Balaban J connectivity index is 1.49. The predicted molar refractivity (Wildman–Crippen MR) is 111 cm³/mol. The molecule has 8 nitrogen and oxygen atoms in total. The summed E-state index contributed by atoms with van der Waals surface area (Å²) in [7, 11) is 2.97. The van der Waals surface area contributed by atoms with Crippen LogP contribution in [-0.2, 0) is 11.3 Å². The Kier molecular flexibility index (Phi) is 5.65. The molecule has 1 N–H and O–H groups in total. The van der Waals surface area contributed by atoms with Crippen LogP contribution in [0.2, 0.25) is 0 Å². The van der Waals surface area contributed by atoms with Gasteiger partial charge in [-0.3, -0.25) is 4.79 Å². The first-order valence-corrected chi connectivity index (χ1v) is 9.34. The minimum Gasteiger partial charge on any atom is -0.497 e. The van der Waals surface area contributed by atoms with Crippen LogP contribution in [0.25, 0.3) is 23.0 Å². The summed E-state index contributed by atoms with van der Waals surface area (Å²) in [6, 6.07) is 15.0. The number of carbonyl (C=O) groups excluding carboxylic acids is 1. The van der Waals surface area contributed by atoms with Crippen molar-refractivity contribution in [3.63, 3.8) is 0 Å². The van der Waals surface area contributed by atoms with Crippen molar-refractivity contribution in [2.75, 3.05) is 19.5 Å². The van der Waals surface area contributed by atoms with Gasteiger partial charge in [0.25, 0.3) is 5.89 Å². The van der Waals surface area contributed by atoms with E-state index in [9.17, 15) is 9.18 Å². The predicted octanol–water partition coefficient (Wildman–Crippen LogP) is 4.00. The molecule has 0 aliphatic heterocycles. The highest BCUT2D eigenvalue weighted by atomic mass is 19.1. The van der Waals surface area contributed by atoms with E-state index in [0.29, 0.717) is 22.7 Å². The minimum absolute atomic E-state index is 0.0449. The van der Waals surface area contributed by atoms with Crippen molar-refractivity contribution in [2.24, 2.45) is 0 Å². The van der Waals surface area contributed by atoms with Crippen LogP contribution in [0.15, 0.2) is 65.3 Å². The highest BCUT2D eigenvalue weighted by molar-refractivity contribution is 5.90. The van der Waals surface area contributed by atoms with E-state index in [1.807, 2.05) is 0 Å². The number of nitrogens with zero attached hydrogens (tertiary/aromatic N) is 3. The summed E-state index contributed by atoms with van der Waals surface area (Å²) >= 11 is 0. The molecule has 2 aromatic carbocycles. The fourth-order valence-corrected chi connectivity index (χ4v) is 3.03. The Morgan fingerprint density at radius 3 is 2.65 bits per heavy atom. The summed E-state index contributed by atoms with van der Waals surface area (Å²) in [5.41, 5.74) is 1.67. The average molecular weight is 422 g/mol. The molecule has 2 heterocycles. The second kappa shape index (κ2) is 8.70. The third kappa shape index (κ3) is 4.40. The Morgan fingerprint density at radius 1 is 1.13 bits per heavy atom. The van der Waals surface area contributed by atoms with Crippen LogP contribution in [0.3, 0.4) is 0 Å². The summed E-state index contributed by atoms with van der Waals surface area (Å²) in [6.07, 6.45) is 1.74. The molecule has 9 heteroatoms. The number of benzene rings is 2. The molecule has 4 rings (SSSR count). The van der Waals surface area contributed by atoms with E-state index >= 15 is 0 Å². The molecule has 4 aromatic rings. The van der Waals surface area contributed by atoms with Gasteiger partial charge in [-0.2, -0.15) is 4.98 Å². The van der Waals surface area contributed by atoms with Gasteiger partial charge in [0.15, 0.2) is 11.6 Å². The number of hydrogen-bond donors (Lipinski definition) is 1. The van der Waals surface area contributed by atoms with Crippen LogP contribution < -0.4 is 14.8 Å². The Labute approximate surface area is 177 Å². The van der Waals surface area contributed by atoms with Gasteiger partial charge in [-0.25, -0.2) is 4.39 Å². The number of nitrogens with one attached hydrogen (secondary N) is 1. The van der Waals surface area contributed by atoms with Crippen LogP contribution in [0.4, 0.5) is 10.1 Å². The van der Waals surface area contributed by atoms with E-state index in [0.717, 1.165) is 0 Å². The number of hydrogen-bond acceptors (Lipinski definition) is 6. The van der Waals surface area contributed by atoms with Gasteiger partial charge in [-0.15, -0.1) is 0 Å². The van der Waals surface area contributed by atoms with E-state index < -0.39 is 5.82 Å². The molecule has 0 saturated carbocycles. The highest BCUT2D eigenvalue weighted by Crippen LogP contribution is 2.26. The summed E-state index contributed by atoms with van der Waals surface area (Å²) < 4.78 is 31.0. The summed E-state index contributed by atoms with van der Waals surface area (Å²) in [4.78, 5) is 16.8. The molecule has 31 heavy (non-hydrogen) atoms. The molecule has 0 aliphatic carbocycles. The Morgan fingerprint density at radius 2 is 1.94 bits per heavy atom. The first kappa shape index (κ1) is 20.1. The topological polar surface area (TPSA) is 91.4 Å². The maximum atomic E-state index is 14.0. The van der Waals surface area contributed by atoms with E-state index in [-0.39, 0.29) is 29.9 Å². The first-order valence-electron chi connectivity index (χ1n) is 9.34. The van der Waals surface area contributed by atoms with Crippen LogP contribution >= 0.6 is 0 Å². The largest absolute Gasteiger partial charge is 0.497 e. The average Bonchev–Trinajstić information content (AvgIpc) is 3.43. The molecule has 158 valence electrons. The molecule has 2 aromatic heterocycles. The number of anilines is 1. The van der Waals surface area contributed by atoms with Crippen LogP contribution in [0, 0.1) is 5.82 Å². The van der Waals surface area contributed by atoms with Crippen molar-refractivity contribution in [2.45, 2.75) is 6.54 Å². The van der Waals surface area contributed by atoms with Gasteiger partial charge in [0.2, 0.25) is 11.7 Å². The number of carbonyl (C=O) groups is 1. The third-order valence-electron chi connectivity index (χ3n) is 4.57. The van der Waals surface area contributed by atoms with Crippen molar-refractivity contribution in [1.29, 1.82) is 0 Å². The zero-order valence-corrected chi connectivity index (χ0v) is 16.8. The zero-order chi connectivity index (χ0) is 21.8. The zero-order valence-electron chi connectivity index (χ0n) is 16.8. The Hall–Kier alpha value is -4.14. The molecule has 0 saturated heterocycles. The standard InChI is InChI=1S/C22H19FN4O4/c1-29-16-8-6-15(7-9-16)24-20(28)13-27-11-3-4-18(27)22-25-21(26-31-22)14-5-10-19(30-2)17(23)12-14/h3-12H,13H2,1-2H3,(H,24,28). The quantitative estimate of drug-likeness (QED) is 0.484. The summed E-state index contributed by atoms with van der Waals surface area (Å²) in [6.45, 7) is 0.0449. The second-order valence-electron chi connectivity index (χ2n) is 6.57. The number of ether oxygens (including phenoxy) is 2. The molecule has 0 bridgehead atoms. The van der Waals surface area contributed by atoms with E-state index in [1.165, 1.54) is 19.2 Å². The Bertz CT molecular complexity index is 1200. The lowest BCUT2D eigenvalue weighted by Gasteiger charge is -2.08. The third-order valence-corrected chi connectivity index (χ3v) is 4.57. The lowest BCUT2D eigenvalue weighted by Crippen LogP contribution is -2.18. The van der Waals surface area contributed by atoms with Gasteiger partial charge in [0.05, 0.1) is 14.2 Å². The first-order chi connectivity index (χ1) is 15.1. The lowest BCUT2D eigenvalue weighted by molar-refractivity contribution is -0.116. The molecule has 1 amide bonds. The van der Waals surface area contributed by atoms with Gasteiger partial charge in [-0.05, 0) is 54.6 Å². The number of methoxy groups -OCH3 is 2. The van der Waals surface area contributed by atoms with Gasteiger partial charge in [0, 0.05) is 17.4 Å². The number of rotatable bonds is 7. The SMILES string of the molecule is COc1ccc(NC(=O)Cn2cccc2-c2nc(-c3ccc(OC)c(F)c3)no2)cc1. The van der Waals surface area contributed by atoms with Crippen LogP contribution in [0.5, 0.6) is 11.5 Å². The maximum Gasteiger partial charge on any atom is 0.274 e. The van der Waals surface area contributed by atoms with Crippen molar-refractivity contribution < 1.29 is 23.2 Å². The van der Waals surface area contributed by atoms with E-state index in [2.05, 4.69) is 15.5 Å². The van der Waals surface area contributed by atoms with Gasteiger partial charge in [0.1, 0.15) is 18.0 Å². The molecular weight excluding hydrogens is 403 g/mol. The van der Waals surface area contributed by atoms with Gasteiger partial charge in [-0.1, -0.05) is 5.16 Å². The maximum absolute atomic E-state index is 14.0. The highest BCUT2D eigenvalue weighted by Gasteiger charge is 2.16. The van der Waals surface area contributed by atoms with Crippen molar-refractivity contribution in [3.05, 3.63) is 66.6 Å². The van der Waals surface area contributed by atoms with Crippen LogP contribution in [0.1, 0.15) is 0 Å². The molecule has 0 fully saturated rings. The number of halogens is 1. The van der Waals surface area contributed by atoms with Gasteiger partial charge < -0.3 is 23.9 Å². The smallest absolute Gasteiger partial charge is 0.274 e. The second-order valence-corrected chi connectivity index (χ2v) is 6.57. The fourth-order valence-electron chi connectivity index (χ4n) is 3.03. The number of amides is 1. The van der Waals surface area contributed by atoms with Crippen molar-refractivity contribution in [3.8, 4) is 34.5 Å². The van der Waals surface area contributed by atoms with Crippen molar-refractivity contribution >= 4 is 11.6 Å². The molecule has 0 unspecified atom stereocenters. The number of aromatic nitrogens is 3. The summed E-state index contributed by atoms with van der Waals surface area (Å²) in [5, 5.41) is 6.75.